The molecule has 5 nitrogen and oxygen atoms in total. The summed E-state index contributed by atoms with van der Waals surface area (Å²) in [6.45, 7) is 8.71. The van der Waals surface area contributed by atoms with Gasteiger partial charge < -0.3 is 9.88 Å². The fourth-order valence-electron chi connectivity index (χ4n) is 3.41. The number of halogens is 1. The molecule has 1 heterocycles. The van der Waals surface area contributed by atoms with Crippen LogP contribution in [0.2, 0.25) is 5.02 Å². The van der Waals surface area contributed by atoms with Crippen molar-refractivity contribution in [3.05, 3.63) is 40.4 Å². The van der Waals surface area contributed by atoms with Gasteiger partial charge in [-0.2, -0.15) is 0 Å². The lowest BCUT2D eigenvalue weighted by molar-refractivity contribution is -0.116. The predicted octanol–water partition coefficient (Wildman–Crippen LogP) is 5.51. The average molecular weight is 403 g/mol. The largest absolute Gasteiger partial charge is 0.326 e. The van der Waals surface area contributed by atoms with Crippen LogP contribution in [0.4, 0.5) is 5.69 Å². The number of carbonyl (C=O) groups is 1. The molecule has 0 saturated heterocycles. The molecule has 1 amide bonds. The minimum Gasteiger partial charge on any atom is -0.326 e. The summed E-state index contributed by atoms with van der Waals surface area (Å²) in [5, 5.41) is 12.5. The van der Waals surface area contributed by atoms with E-state index in [0.29, 0.717) is 29.3 Å². The van der Waals surface area contributed by atoms with Crippen molar-refractivity contribution in [1.82, 2.24) is 14.8 Å². The lowest BCUT2D eigenvalue weighted by Gasteiger charge is -2.17. The van der Waals surface area contributed by atoms with Gasteiger partial charge in [0.05, 0.1) is 0 Å². The molecule has 0 atom stereocenters. The fraction of sp³-hybridized carbons (Fsp3) is 0.591. The van der Waals surface area contributed by atoms with Crippen LogP contribution in [0.3, 0.4) is 0 Å². The molecule has 0 spiro atoms. The molecule has 2 aromatic rings. The Morgan fingerprint density at radius 1 is 1.21 bits per heavy atom. The molecule has 1 aromatic heterocycles. The molecular formula is C22H31ClN4O. The Labute approximate surface area is 172 Å². The van der Waals surface area contributed by atoms with Crippen LogP contribution in [0, 0.1) is 12.3 Å². The lowest BCUT2D eigenvalue weighted by atomic mass is 9.90. The maximum absolute atomic E-state index is 12.4. The number of carbonyl (C=O) groups excluding carboxylic acids is 1. The third kappa shape index (κ3) is 5.57. The van der Waals surface area contributed by atoms with Gasteiger partial charge in [-0.1, -0.05) is 38.4 Å². The lowest BCUT2D eigenvalue weighted by Crippen LogP contribution is -2.15. The van der Waals surface area contributed by atoms with Gasteiger partial charge in [-0.05, 0) is 55.7 Å². The van der Waals surface area contributed by atoms with E-state index in [1.807, 2.05) is 25.1 Å². The number of aryl methyl sites for hydroxylation is 2. The first-order valence-electron chi connectivity index (χ1n) is 10.2. The Morgan fingerprint density at radius 3 is 2.54 bits per heavy atom. The standard InChI is InChI=1S/C22H31ClN4O/c1-15-17(23)7-5-8-18(15)24-21(28)13-12-20-26-25-19(27(20)16-10-11-16)9-6-14-22(2,3)4/h5,7-8,16H,6,9-14H2,1-4H3,(H,24,28). The van der Waals surface area contributed by atoms with E-state index in [2.05, 4.69) is 40.9 Å². The number of benzene rings is 1. The quantitative estimate of drug-likeness (QED) is 0.632. The average Bonchev–Trinajstić information content (AvgIpc) is 3.37. The highest BCUT2D eigenvalue weighted by Crippen LogP contribution is 2.37. The first kappa shape index (κ1) is 20.8. The monoisotopic (exact) mass is 402 g/mol. The number of hydrogen-bond donors (Lipinski definition) is 1. The molecule has 0 bridgehead atoms. The highest BCUT2D eigenvalue weighted by molar-refractivity contribution is 6.31. The van der Waals surface area contributed by atoms with Crippen LogP contribution >= 0.6 is 11.6 Å². The first-order chi connectivity index (χ1) is 13.2. The van der Waals surface area contributed by atoms with Crippen molar-refractivity contribution in [2.24, 2.45) is 5.41 Å². The molecule has 152 valence electrons. The molecule has 0 radical (unpaired) electrons. The second-order valence-electron chi connectivity index (χ2n) is 9.01. The molecule has 1 aromatic carbocycles. The molecule has 0 unspecified atom stereocenters. The van der Waals surface area contributed by atoms with E-state index in [0.717, 1.165) is 35.7 Å². The summed E-state index contributed by atoms with van der Waals surface area (Å²) in [5.41, 5.74) is 1.99. The highest BCUT2D eigenvalue weighted by atomic mass is 35.5. The van der Waals surface area contributed by atoms with Crippen molar-refractivity contribution in [3.63, 3.8) is 0 Å². The number of amides is 1. The van der Waals surface area contributed by atoms with Crippen LogP contribution in [0.25, 0.3) is 0 Å². The van der Waals surface area contributed by atoms with Gasteiger partial charge in [0.1, 0.15) is 11.6 Å². The fourth-order valence-corrected chi connectivity index (χ4v) is 3.59. The molecule has 1 fully saturated rings. The normalized spacial score (nSPS) is 14.3. The Balaban J connectivity index is 1.59. The number of hydrogen-bond acceptors (Lipinski definition) is 3. The molecular weight excluding hydrogens is 372 g/mol. The van der Waals surface area contributed by atoms with Crippen LogP contribution in [0.15, 0.2) is 18.2 Å². The second-order valence-corrected chi connectivity index (χ2v) is 9.42. The smallest absolute Gasteiger partial charge is 0.224 e. The molecule has 1 N–H and O–H groups in total. The predicted molar refractivity (Wildman–Crippen MR) is 114 cm³/mol. The van der Waals surface area contributed by atoms with Gasteiger partial charge in [0.2, 0.25) is 5.91 Å². The van der Waals surface area contributed by atoms with Gasteiger partial charge in [-0.15, -0.1) is 10.2 Å². The van der Waals surface area contributed by atoms with Crippen LogP contribution in [-0.2, 0) is 17.6 Å². The van der Waals surface area contributed by atoms with E-state index in [1.54, 1.807) is 0 Å². The van der Waals surface area contributed by atoms with Crippen molar-refractivity contribution in [3.8, 4) is 0 Å². The van der Waals surface area contributed by atoms with Crippen molar-refractivity contribution in [1.29, 1.82) is 0 Å². The SMILES string of the molecule is Cc1c(Cl)cccc1NC(=O)CCc1nnc(CCCC(C)(C)C)n1C1CC1. The number of aromatic nitrogens is 3. The Morgan fingerprint density at radius 2 is 1.89 bits per heavy atom. The van der Waals surface area contributed by atoms with Gasteiger partial charge in [-0.25, -0.2) is 0 Å². The van der Waals surface area contributed by atoms with Crippen LogP contribution in [0.5, 0.6) is 0 Å². The molecule has 0 aliphatic heterocycles. The molecule has 1 aliphatic carbocycles. The molecule has 1 aliphatic rings. The van der Waals surface area contributed by atoms with Crippen molar-refractivity contribution >= 4 is 23.2 Å². The molecule has 28 heavy (non-hydrogen) atoms. The zero-order valence-electron chi connectivity index (χ0n) is 17.4. The number of rotatable bonds is 8. The van der Waals surface area contributed by atoms with E-state index in [-0.39, 0.29) is 5.91 Å². The van der Waals surface area contributed by atoms with E-state index < -0.39 is 0 Å². The Bertz CT molecular complexity index is 834. The van der Waals surface area contributed by atoms with Crippen molar-refractivity contribution in [2.75, 3.05) is 5.32 Å². The maximum Gasteiger partial charge on any atom is 0.224 e. The number of nitrogens with zero attached hydrogens (tertiary/aromatic N) is 3. The summed E-state index contributed by atoms with van der Waals surface area (Å²) < 4.78 is 2.29. The van der Waals surface area contributed by atoms with Crippen LogP contribution in [-0.4, -0.2) is 20.7 Å². The zero-order valence-corrected chi connectivity index (χ0v) is 18.1. The summed E-state index contributed by atoms with van der Waals surface area (Å²) in [4.78, 5) is 12.4. The molecule has 3 rings (SSSR count). The van der Waals surface area contributed by atoms with Gasteiger partial charge in [-0.3, -0.25) is 4.79 Å². The number of nitrogens with one attached hydrogen (secondary N) is 1. The van der Waals surface area contributed by atoms with E-state index in [9.17, 15) is 4.79 Å². The van der Waals surface area contributed by atoms with Gasteiger partial charge in [0.15, 0.2) is 0 Å². The second kappa shape index (κ2) is 8.64. The molecule has 1 saturated carbocycles. The first-order valence-corrected chi connectivity index (χ1v) is 10.6. The summed E-state index contributed by atoms with van der Waals surface area (Å²) in [6.07, 6.45) is 6.60. The summed E-state index contributed by atoms with van der Waals surface area (Å²) >= 11 is 6.13. The number of anilines is 1. The van der Waals surface area contributed by atoms with Gasteiger partial charge >= 0.3 is 0 Å². The van der Waals surface area contributed by atoms with E-state index in [1.165, 1.54) is 19.3 Å². The highest BCUT2D eigenvalue weighted by Gasteiger charge is 2.29. The summed E-state index contributed by atoms with van der Waals surface area (Å²) in [5.74, 6) is 1.99. The molecule has 6 heteroatoms. The Hall–Kier alpha value is -1.88. The van der Waals surface area contributed by atoms with E-state index in [4.69, 9.17) is 11.6 Å². The summed E-state index contributed by atoms with van der Waals surface area (Å²) in [7, 11) is 0. The maximum atomic E-state index is 12.4. The summed E-state index contributed by atoms with van der Waals surface area (Å²) in [6, 6.07) is 6.07. The van der Waals surface area contributed by atoms with Crippen LogP contribution in [0.1, 0.15) is 76.1 Å². The zero-order chi connectivity index (χ0) is 20.3. The minimum absolute atomic E-state index is 0.0232. The van der Waals surface area contributed by atoms with Gasteiger partial charge in [0.25, 0.3) is 0 Å². The third-order valence-electron chi connectivity index (χ3n) is 5.19. The van der Waals surface area contributed by atoms with Gasteiger partial charge in [0, 0.05) is 36.0 Å². The topological polar surface area (TPSA) is 59.8 Å². The van der Waals surface area contributed by atoms with E-state index >= 15 is 0 Å². The third-order valence-corrected chi connectivity index (χ3v) is 5.60. The Kier molecular flexibility index (Phi) is 6.43. The van der Waals surface area contributed by atoms with Crippen molar-refractivity contribution < 1.29 is 4.79 Å². The van der Waals surface area contributed by atoms with Crippen LogP contribution < -0.4 is 5.32 Å². The van der Waals surface area contributed by atoms with Crippen molar-refractivity contribution in [2.45, 2.75) is 78.7 Å². The minimum atomic E-state index is -0.0232.